The Labute approximate surface area is 139 Å². The van der Waals surface area contributed by atoms with Gasteiger partial charge in [0, 0.05) is 0 Å². The molecule has 1 fully saturated rings. The molecule has 1 rings (SSSR count). The average Bonchev–Trinajstić information content (AvgIpc) is 2.52. The van der Waals surface area contributed by atoms with Crippen molar-refractivity contribution < 1.29 is 9.84 Å². The molecule has 0 saturated carbocycles. The molecular weight excluding hydrogens is 272 g/mol. The lowest BCUT2D eigenvalue weighted by atomic mass is 9.86. The number of ether oxygens (including phenoxy) is 1. The molecule has 0 aliphatic carbocycles. The van der Waals surface area contributed by atoms with Crippen LogP contribution in [0, 0.1) is 5.92 Å². The zero-order chi connectivity index (χ0) is 16.0. The zero-order valence-corrected chi connectivity index (χ0v) is 15.2. The number of unbranched alkanes of at least 4 members (excludes halogenated alkanes) is 9. The standard InChI is InChI=1S/C20H40O2/c1-3-5-7-9-11-13-15-19-18(16-17-20(21)22-19)14-12-10-8-6-4-2/h18-21H,3-17H2,1-2H3/t18-,19+,20?/m0/s1. The van der Waals surface area contributed by atoms with Gasteiger partial charge in [-0.3, -0.25) is 0 Å². The fourth-order valence-corrected chi connectivity index (χ4v) is 3.69. The van der Waals surface area contributed by atoms with Gasteiger partial charge in [0.05, 0.1) is 6.10 Å². The first-order valence-corrected chi connectivity index (χ1v) is 10.1. The summed E-state index contributed by atoms with van der Waals surface area (Å²) in [6, 6.07) is 0. The number of hydrogen-bond donors (Lipinski definition) is 1. The Bertz CT molecular complexity index is 242. The molecular formula is C20H40O2. The normalized spacial score (nSPS) is 25.5. The first-order chi connectivity index (χ1) is 10.8. The molecule has 0 bridgehead atoms. The summed E-state index contributed by atoms with van der Waals surface area (Å²) in [5.74, 6) is 0.695. The first kappa shape index (κ1) is 20.0. The highest BCUT2D eigenvalue weighted by Crippen LogP contribution is 2.31. The second kappa shape index (κ2) is 13.4. The molecule has 1 aliphatic rings. The summed E-state index contributed by atoms with van der Waals surface area (Å²) >= 11 is 0. The molecule has 2 nitrogen and oxygen atoms in total. The van der Waals surface area contributed by atoms with Gasteiger partial charge in [-0.25, -0.2) is 0 Å². The van der Waals surface area contributed by atoms with E-state index in [-0.39, 0.29) is 0 Å². The van der Waals surface area contributed by atoms with Crippen molar-refractivity contribution in [3.05, 3.63) is 0 Å². The van der Waals surface area contributed by atoms with Crippen LogP contribution < -0.4 is 0 Å². The van der Waals surface area contributed by atoms with E-state index in [0.717, 1.165) is 19.3 Å². The van der Waals surface area contributed by atoms with Crippen molar-refractivity contribution in [2.75, 3.05) is 0 Å². The highest BCUT2D eigenvalue weighted by molar-refractivity contribution is 4.76. The number of aliphatic hydroxyl groups is 1. The predicted molar refractivity (Wildman–Crippen MR) is 95.0 cm³/mol. The molecule has 0 amide bonds. The lowest BCUT2D eigenvalue weighted by Gasteiger charge is -2.34. The molecule has 3 atom stereocenters. The number of rotatable bonds is 13. The summed E-state index contributed by atoms with van der Waals surface area (Å²) in [7, 11) is 0. The molecule has 0 spiro atoms. The molecule has 0 aromatic heterocycles. The third-order valence-corrected chi connectivity index (χ3v) is 5.16. The Balaban J connectivity index is 2.17. The van der Waals surface area contributed by atoms with Crippen LogP contribution in [0.3, 0.4) is 0 Å². The molecule has 2 heteroatoms. The SMILES string of the molecule is CCCCCCCC[C@H]1OC(O)CC[C@@H]1CCCCCCC. The van der Waals surface area contributed by atoms with Crippen LogP contribution in [0.15, 0.2) is 0 Å². The second-order valence-electron chi connectivity index (χ2n) is 7.23. The van der Waals surface area contributed by atoms with Crippen LogP contribution >= 0.6 is 0 Å². The van der Waals surface area contributed by atoms with E-state index in [1.54, 1.807) is 0 Å². The van der Waals surface area contributed by atoms with E-state index in [2.05, 4.69) is 13.8 Å². The second-order valence-corrected chi connectivity index (χ2v) is 7.23. The van der Waals surface area contributed by atoms with Gasteiger partial charge >= 0.3 is 0 Å². The molecule has 0 radical (unpaired) electrons. The smallest absolute Gasteiger partial charge is 0.154 e. The van der Waals surface area contributed by atoms with Gasteiger partial charge in [0.25, 0.3) is 0 Å². The third kappa shape index (κ3) is 9.15. The Morgan fingerprint density at radius 2 is 1.27 bits per heavy atom. The molecule has 1 saturated heterocycles. The van der Waals surface area contributed by atoms with Crippen molar-refractivity contribution in [2.45, 2.75) is 123 Å². The van der Waals surface area contributed by atoms with E-state index in [0.29, 0.717) is 12.0 Å². The van der Waals surface area contributed by atoms with Gasteiger partial charge in [0.15, 0.2) is 6.29 Å². The maximum Gasteiger partial charge on any atom is 0.154 e. The largest absolute Gasteiger partial charge is 0.368 e. The molecule has 1 N–H and O–H groups in total. The van der Waals surface area contributed by atoms with Crippen molar-refractivity contribution in [1.82, 2.24) is 0 Å². The van der Waals surface area contributed by atoms with E-state index in [1.807, 2.05) is 0 Å². The minimum absolute atomic E-state index is 0.320. The van der Waals surface area contributed by atoms with Gasteiger partial charge < -0.3 is 9.84 Å². The molecule has 1 heterocycles. The van der Waals surface area contributed by atoms with Crippen molar-refractivity contribution in [3.63, 3.8) is 0 Å². The van der Waals surface area contributed by atoms with Crippen LogP contribution in [0.5, 0.6) is 0 Å². The maximum absolute atomic E-state index is 9.79. The van der Waals surface area contributed by atoms with E-state index in [4.69, 9.17) is 4.74 Å². The van der Waals surface area contributed by atoms with E-state index in [9.17, 15) is 5.11 Å². The number of aliphatic hydroxyl groups excluding tert-OH is 1. The van der Waals surface area contributed by atoms with Crippen molar-refractivity contribution >= 4 is 0 Å². The summed E-state index contributed by atoms with van der Waals surface area (Å²) in [5.41, 5.74) is 0. The molecule has 0 aromatic rings. The summed E-state index contributed by atoms with van der Waals surface area (Å²) in [5, 5.41) is 9.79. The van der Waals surface area contributed by atoms with Gasteiger partial charge in [-0.1, -0.05) is 84.5 Å². The zero-order valence-electron chi connectivity index (χ0n) is 15.2. The van der Waals surface area contributed by atoms with Crippen LogP contribution in [0.1, 0.15) is 110 Å². The average molecular weight is 313 g/mol. The quantitative estimate of drug-likeness (QED) is 0.410. The highest BCUT2D eigenvalue weighted by atomic mass is 16.6. The summed E-state index contributed by atoms with van der Waals surface area (Å²) in [6.07, 6.45) is 19.1. The van der Waals surface area contributed by atoms with Crippen molar-refractivity contribution in [2.24, 2.45) is 5.92 Å². The summed E-state index contributed by atoms with van der Waals surface area (Å²) in [6.45, 7) is 4.54. The molecule has 0 aromatic carbocycles. The first-order valence-electron chi connectivity index (χ1n) is 10.1. The molecule has 22 heavy (non-hydrogen) atoms. The van der Waals surface area contributed by atoms with E-state index >= 15 is 0 Å². The van der Waals surface area contributed by atoms with E-state index < -0.39 is 6.29 Å². The summed E-state index contributed by atoms with van der Waals surface area (Å²) in [4.78, 5) is 0. The van der Waals surface area contributed by atoms with Crippen LogP contribution in [-0.4, -0.2) is 17.5 Å². The minimum atomic E-state index is -0.499. The van der Waals surface area contributed by atoms with E-state index in [1.165, 1.54) is 77.0 Å². The van der Waals surface area contributed by atoms with Gasteiger partial charge in [-0.05, 0) is 31.6 Å². The lowest BCUT2D eigenvalue weighted by molar-refractivity contribution is -0.185. The van der Waals surface area contributed by atoms with Gasteiger partial charge in [0.1, 0.15) is 0 Å². The third-order valence-electron chi connectivity index (χ3n) is 5.16. The predicted octanol–water partition coefficient (Wildman–Crippen LogP) is 6.21. The fraction of sp³-hybridized carbons (Fsp3) is 1.00. The van der Waals surface area contributed by atoms with Gasteiger partial charge in [-0.15, -0.1) is 0 Å². The van der Waals surface area contributed by atoms with Gasteiger partial charge in [-0.2, -0.15) is 0 Å². The van der Waals surface area contributed by atoms with Crippen LogP contribution in [0.4, 0.5) is 0 Å². The van der Waals surface area contributed by atoms with Crippen molar-refractivity contribution in [1.29, 1.82) is 0 Å². The molecule has 1 unspecified atom stereocenters. The molecule has 1 aliphatic heterocycles. The van der Waals surface area contributed by atoms with Crippen LogP contribution in [0.2, 0.25) is 0 Å². The highest BCUT2D eigenvalue weighted by Gasteiger charge is 2.29. The van der Waals surface area contributed by atoms with Crippen LogP contribution in [-0.2, 0) is 4.74 Å². The van der Waals surface area contributed by atoms with Crippen LogP contribution in [0.25, 0.3) is 0 Å². The Morgan fingerprint density at radius 1 is 0.727 bits per heavy atom. The van der Waals surface area contributed by atoms with Crippen molar-refractivity contribution in [3.8, 4) is 0 Å². The van der Waals surface area contributed by atoms with Gasteiger partial charge in [0.2, 0.25) is 0 Å². The number of hydrogen-bond acceptors (Lipinski definition) is 2. The molecule has 132 valence electrons. The Kier molecular flexibility index (Phi) is 12.1. The lowest BCUT2D eigenvalue weighted by Crippen LogP contribution is -2.35. The maximum atomic E-state index is 9.79. The monoisotopic (exact) mass is 312 g/mol. The fourth-order valence-electron chi connectivity index (χ4n) is 3.69. The Hall–Kier alpha value is -0.0800. The topological polar surface area (TPSA) is 29.5 Å². The Morgan fingerprint density at radius 3 is 1.91 bits per heavy atom. The minimum Gasteiger partial charge on any atom is -0.368 e. The summed E-state index contributed by atoms with van der Waals surface area (Å²) < 4.78 is 5.86.